The highest BCUT2D eigenvalue weighted by atomic mass is 79.9. The van der Waals surface area contributed by atoms with Gasteiger partial charge in [0.25, 0.3) is 0 Å². The molecule has 0 aliphatic heterocycles. The molecule has 20 heavy (non-hydrogen) atoms. The van der Waals surface area contributed by atoms with Gasteiger partial charge in [-0.25, -0.2) is 4.39 Å². The maximum Gasteiger partial charge on any atom is 0.211 e. The van der Waals surface area contributed by atoms with E-state index in [0.717, 1.165) is 5.56 Å². The number of benzene rings is 2. The first-order valence-corrected chi connectivity index (χ1v) is 7.05. The summed E-state index contributed by atoms with van der Waals surface area (Å²) < 4.78 is 30.0. The third kappa shape index (κ3) is 3.04. The standard InChI is InChI=1S/C15H14BrFO3/c1-18-13-4-3-5-14(19-2)15(13)20-12-7-6-10(9-16)8-11(12)17/h3-8H,9H2,1-2H3. The van der Waals surface area contributed by atoms with Crippen molar-refractivity contribution in [3.8, 4) is 23.0 Å². The fourth-order valence-corrected chi connectivity index (χ4v) is 2.09. The molecule has 0 atom stereocenters. The Bertz CT molecular complexity index is 579. The Labute approximate surface area is 125 Å². The molecule has 0 N–H and O–H groups in total. The van der Waals surface area contributed by atoms with Crippen LogP contribution >= 0.6 is 15.9 Å². The van der Waals surface area contributed by atoms with Crippen LogP contribution in [0.25, 0.3) is 0 Å². The average Bonchev–Trinajstić information content (AvgIpc) is 2.49. The van der Waals surface area contributed by atoms with Gasteiger partial charge in [0.05, 0.1) is 14.2 Å². The Kier molecular flexibility index (Phi) is 4.84. The highest BCUT2D eigenvalue weighted by molar-refractivity contribution is 9.08. The highest BCUT2D eigenvalue weighted by Crippen LogP contribution is 2.40. The molecule has 0 saturated carbocycles. The lowest BCUT2D eigenvalue weighted by Crippen LogP contribution is -1.96. The van der Waals surface area contributed by atoms with Crippen molar-refractivity contribution in [3.63, 3.8) is 0 Å². The fourth-order valence-electron chi connectivity index (χ4n) is 1.74. The van der Waals surface area contributed by atoms with Gasteiger partial charge in [0.2, 0.25) is 5.75 Å². The monoisotopic (exact) mass is 340 g/mol. The number of para-hydroxylation sites is 1. The van der Waals surface area contributed by atoms with E-state index in [1.165, 1.54) is 20.3 Å². The van der Waals surface area contributed by atoms with Crippen LogP contribution in [0.3, 0.4) is 0 Å². The largest absolute Gasteiger partial charge is 0.493 e. The minimum absolute atomic E-state index is 0.123. The summed E-state index contributed by atoms with van der Waals surface area (Å²) in [7, 11) is 3.04. The van der Waals surface area contributed by atoms with Crippen molar-refractivity contribution in [2.45, 2.75) is 5.33 Å². The summed E-state index contributed by atoms with van der Waals surface area (Å²) >= 11 is 3.28. The maximum absolute atomic E-state index is 14.0. The van der Waals surface area contributed by atoms with Crippen LogP contribution in [0.1, 0.15) is 5.56 Å². The van der Waals surface area contributed by atoms with Gasteiger partial charge < -0.3 is 14.2 Å². The second-order valence-corrected chi connectivity index (χ2v) is 4.55. The van der Waals surface area contributed by atoms with E-state index in [-0.39, 0.29) is 5.75 Å². The zero-order valence-electron chi connectivity index (χ0n) is 11.2. The lowest BCUT2D eigenvalue weighted by atomic mass is 10.2. The van der Waals surface area contributed by atoms with Crippen molar-refractivity contribution in [3.05, 3.63) is 47.8 Å². The van der Waals surface area contributed by atoms with Gasteiger partial charge in [0, 0.05) is 5.33 Å². The van der Waals surface area contributed by atoms with Gasteiger partial charge in [-0.05, 0) is 29.8 Å². The molecule has 0 bridgehead atoms. The van der Waals surface area contributed by atoms with Crippen LogP contribution < -0.4 is 14.2 Å². The zero-order valence-corrected chi connectivity index (χ0v) is 12.7. The van der Waals surface area contributed by atoms with E-state index >= 15 is 0 Å². The summed E-state index contributed by atoms with van der Waals surface area (Å²) in [4.78, 5) is 0. The molecule has 0 aliphatic carbocycles. The van der Waals surface area contributed by atoms with Crippen LogP contribution in [0.15, 0.2) is 36.4 Å². The Hall–Kier alpha value is -1.75. The number of hydrogen-bond donors (Lipinski definition) is 0. The number of hydrogen-bond acceptors (Lipinski definition) is 3. The molecule has 0 amide bonds. The number of ether oxygens (including phenoxy) is 3. The van der Waals surface area contributed by atoms with Crippen LogP contribution in [-0.4, -0.2) is 14.2 Å². The van der Waals surface area contributed by atoms with Gasteiger partial charge in [-0.15, -0.1) is 0 Å². The molecular weight excluding hydrogens is 327 g/mol. The Morgan fingerprint density at radius 3 is 2.15 bits per heavy atom. The molecule has 0 aliphatic rings. The summed E-state index contributed by atoms with van der Waals surface area (Å²) in [6, 6.07) is 10.0. The number of methoxy groups -OCH3 is 2. The molecule has 0 spiro atoms. The second kappa shape index (κ2) is 6.61. The Morgan fingerprint density at radius 2 is 1.65 bits per heavy atom. The molecule has 0 aromatic heterocycles. The fraction of sp³-hybridized carbons (Fsp3) is 0.200. The first-order valence-electron chi connectivity index (χ1n) is 5.92. The van der Waals surface area contributed by atoms with Gasteiger partial charge in [0.15, 0.2) is 23.1 Å². The topological polar surface area (TPSA) is 27.7 Å². The quantitative estimate of drug-likeness (QED) is 0.748. The van der Waals surface area contributed by atoms with Crippen molar-refractivity contribution >= 4 is 15.9 Å². The summed E-state index contributed by atoms with van der Waals surface area (Å²) in [5.74, 6) is 0.997. The molecule has 2 aromatic rings. The predicted octanol–water partition coefficient (Wildman–Crippen LogP) is 4.53. The molecule has 0 unspecified atom stereocenters. The lowest BCUT2D eigenvalue weighted by Gasteiger charge is -2.14. The van der Waals surface area contributed by atoms with Gasteiger partial charge in [-0.2, -0.15) is 0 Å². The van der Waals surface area contributed by atoms with Gasteiger partial charge in [-0.1, -0.05) is 28.1 Å². The molecule has 0 saturated heterocycles. The third-order valence-corrected chi connectivity index (χ3v) is 3.39. The maximum atomic E-state index is 14.0. The first kappa shape index (κ1) is 14.7. The van der Waals surface area contributed by atoms with Crippen LogP contribution in [0.5, 0.6) is 23.0 Å². The summed E-state index contributed by atoms with van der Waals surface area (Å²) in [5, 5.41) is 0.585. The summed E-state index contributed by atoms with van der Waals surface area (Å²) in [6.45, 7) is 0. The van der Waals surface area contributed by atoms with Gasteiger partial charge in [-0.3, -0.25) is 0 Å². The molecule has 2 aromatic carbocycles. The van der Waals surface area contributed by atoms with E-state index in [1.807, 2.05) is 0 Å². The molecular formula is C15H14BrFO3. The molecule has 0 fully saturated rings. The van der Waals surface area contributed by atoms with Crippen LogP contribution in [0.4, 0.5) is 4.39 Å². The highest BCUT2D eigenvalue weighted by Gasteiger charge is 2.14. The van der Waals surface area contributed by atoms with Crippen LogP contribution in [-0.2, 0) is 5.33 Å². The zero-order chi connectivity index (χ0) is 14.5. The van der Waals surface area contributed by atoms with Gasteiger partial charge in [0.1, 0.15) is 0 Å². The number of alkyl halides is 1. The molecule has 106 valence electrons. The average molecular weight is 341 g/mol. The molecule has 5 heteroatoms. The van der Waals surface area contributed by atoms with Gasteiger partial charge >= 0.3 is 0 Å². The third-order valence-electron chi connectivity index (χ3n) is 2.75. The van der Waals surface area contributed by atoms with Crippen molar-refractivity contribution < 1.29 is 18.6 Å². The SMILES string of the molecule is COc1cccc(OC)c1Oc1ccc(CBr)cc1F. The van der Waals surface area contributed by atoms with Crippen LogP contribution in [0.2, 0.25) is 0 Å². The first-order chi connectivity index (χ1) is 9.69. The van der Waals surface area contributed by atoms with E-state index in [0.29, 0.717) is 22.6 Å². The number of halogens is 2. The van der Waals surface area contributed by atoms with Crippen molar-refractivity contribution in [1.82, 2.24) is 0 Å². The van der Waals surface area contributed by atoms with E-state index in [4.69, 9.17) is 14.2 Å². The summed E-state index contributed by atoms with van der Waals surface area (Å²) in [6.07, 6.45) is 0. The van der Waals surface area contributed by atoms with Crippen LogP contribution in [0, 0.1) is 5.82 Å². The number of rotatable bonds is 5. The van der Waals surface area contributed by atoms with E-state index in [2.05, 4.69) is 15.9 Å². The molecule has 0 heterocycles. The van der Waals surface area contributed by atoms with E-state index in [1.54, 1.807) is 30.3 Å². The normalized spacial score (nSPS) is 10.2. The van der Waals surface area contributed by atoms with Crippen molar-refractivity contribution in [2.75, 3.05) is 14.2 Å². The molecule has 3 nitrogen and oxygen atoms in total. The van der Waals surface area contributed by atoms with E-state index < -0.39 is 5.82 Å². The second-order valence-electron chi connectivity index (χ2n) is 3.99. The molecule has 0 radical (unpaired) electrons. The minimum atomic E-state index is -0.435. The Balaban J connectivity index is 2.39. The Morgan fingerprint density at radius 1 is 1.00 bits per heavy atom. The van der Waals surface area contributed by atoms with Crippen molar-refractivity contribution in [2.24, 2.45) is 0 Å². The van der Waals surface area contributed by atoms with Crippen molar-refractivity contribution in [1.29, 1.82) is 0 Å². The molecule has 2 rings (SSSR count). The smallest absolute Gasteiger partial charge is 0.211 e. The predicted molar refractivity (Wildman–Crippen MR) is 78.7 cm³/mol. The summed E-state index contributed by atoms with van der Waals surface area (Å²) in [5.41, 5.74) is 0.835. The van der Waals surface area contributed by atoms with E-state index in [9.17, 15) is 4.39 Å². The minimum Gasteiger partial charge on any atom is -0.493 e. The lowest BCUT2D eigenvalue weighted by molar-refractivity contribution is 0.340.